The fourth-order valence-electron chi connectivity index (χ4n) is 3.73. The van der Waals surface area contributed by atoms with Gasteiger partial charge in [0.25, 0.3) is 5.91 Å². The molecule has 6 heteroatoms. The third-order valence-electron chi connectivity index (χ3n) is 5.01. The summed E-state index contributed by atoms with van der Waals surface area (Å²) in [4.78, 5) is 29.4. The molecule has 4 rings (SSSR count). The van der Waals surface area contributed by atoms with Crippen LogP contribution in [0.15, 0.2) is 24.3 Å². The first-order valence-electron chi connectivity index (χ1n) is 9.18. The van der Waals surface area contributed by atoms with Crippen LogP contribution < -0.4 is 5.32 Å². The summed E-state index contributed by atoms with van der Waals surface area (Å²) in [6.07, 6.45) is 4.73. The number of aromatic nitrogens is 1. The van der Waals surface area contributed by atoms with Gasteiger partial charge in [-0.25, -0.2) is 4.79 Å². The summed E-state index contributed by atoms with van der Waals surface area (Å²) < 4.78 is 10.8. The van der Waals surface area contributed by atoms with E-state index in [1.54, 1.807) is 0 Å². The van der Waals surface area contributed by atoms with Crippen LogP contribution in [-0.4, -0.2) is 42.7 Å². The minimum absolute atomic E-state index is 0.0714. The molecule has 0 bridgehead atoms. The van der Waals surface area contributed by atoms with Crippen molar-refractivity contribution in [3.8, 4) is 0 Å². The molecule has 6 nitrogen and oxygen atoms in total. The van der Waals surface area contributed by atoms with Crippen molar-refractivity contribution in [3.05, 3.63) is 41.1 Å². The predicted octanol–water partition coefficient (Wildman–Crippen LogP) is 2.18. The largest absolute Gasteiger partial charge is 0.452 e. The molecule has 26 heavy (non-hydrogen) atoms. The number of carbonyl (C=O) groups excluding carboxylic acids is 2. The molecule has 1 N–H and O–H groups in total. The molecule has 1 atom stereocenters. The average molecular weight is 354 g/mol. The number of ether oxygens (including phenoxy) is 2. The van der Waals surface area contributed by atoms with E-state index in [9.17, 15) is 9.59 Å². The second kappa shape index (κ2) is 7.41. The Morgan fingerprint density at radius 3 is 2.96 bits per heavy atom. The van der Waals surface area contributed by atoms with E-state index in [4.69, 9.17) is 9.47 Å². The molecule has 1 amide bonds. The number of carbonyl (C=O) groups is 2. The van der Waals surface area contributed by atoms with E-state index in [0.29, 0.717) is 12.1 Å². The molecule has 1 saturated heterocycles. The molecule has 1 aromatic heterocycles. The number of esters is 1. The zero-order valence-corrected chi connectivity index (χ0v) is 14.6. The van der Waals surface area contributed by atoms with Gasteiger partial charge < -0.3 is 14.8 Å². The molecular weight excluding hydrogens is 332 g/mol. The van der Waals surface area contributed by atoms with Crippen LogP contribution in [0.25, 0.3) is 10.9 Å². The fourth-order valence-corrected chi connectivity index (χ4v) is 3.73. The lowest BCUT2D eigenvalue weighted by Gasteiger charge is -2.13. The highest BCUT2D eigenvalue weighted by atomic mass is 16.5. The topological polar surface area (TPSA) is 77.5 Å². The highest BCUT2D eigenvalue weighted by Gasteiger charge is 2.25. The summed E-state index contributed by atoms with van der Waals surface area (Å²) in [5.41, 5.74) is 3.30. The average Bonchev–Trinajstić information content (AvgIpc) is 3.33. The molecular formula is C20H22N2O4. The Morgan fingerprint density at radius 2 is 2.12 bits per heavy atom. The van der Waals surface area contributed by atoms with Crippen LogP contribution in [0.4, 0.5) is 0 Å². The van der Waals surface area contributed by atoms with Crippen LogP contribution >= 0.6 is 0 Å². The SMILES string of the molecule is O=C(COC(=O)c1c2c(nc3ccccc13)CCC2)NCC1CCCO1. The second-order valence-corrected chi connectivity index (χ2v) is 6.80. The van der Waals surface area contributed by atoms with Gasteiger partial charge in [0, 0.05) is 24.2 Å². The molecule has 1 fully saturated rings. The summed E-state index contributed by atoms with van der Waals surface area (Å²) >= 11 is 0. The Balaban J connectivity index is 1.45. The van der Waals surface area contributed by atoms with Crippen molar-refractivity contribution in [2.45, 2.75) is 38.2 Å². The number of para-hydroxylation sites is 1. The third kappa shape index (κ3) is 3.42. The van der Waals surface area contributed by atoms with E-state index < -0.39 is 5.97 Å². The van der Waals surface area contributed by atoms with Gasteiger partial charge in [0.2, 0.25) is 0 Å². The van der Waals surface area contributed by atoms with Gasteiger partial charge in [-0.2, -0.15) is 0 Å². The smallest absolute Gasteiger partial charge is 0.339 e. The molecule has 2 heterocycles. The number of amides is 1. The highest BCUT2D eigenvalue weighted by molar-refractivity contribution is 6.05. The predicted molar refractivity (Wildman–Crippen MR) is 96.0 cm³/mol. The molecule has 1 aliphatic carbocycles. The molecule has 1 unspecified atom stereocenters. The molecule has 1 aromatic carbocycles. The molecule has 0 saturated carbocycles. The van der Waals surface area contributed by atoms with Crippen molar-refractivity contribution < 1.29 is 19.1 Å². The molecule has 1 aliphatic heterocycles. The van der Waals surface area contributed by atoms with E-state index >= 15 is 0 Å². The summed E-state index contributed by atoms with van der Waals surface area (Å²) in [5.74, 6) is -0.752. The molecule has 2 aromatic rings. The van der Waals surface area contributed by atoms with Crippen molar-refractivity contribution in [1.29, 1.82) is 0 Å². The number of hydrogen-bond acceptors (Lipinski definition) is 5. The van der Waals surface area contributed by atoms with Gasteiger partial charge in [0.05, 0.1) is 17.2 Å². The van der Waals surface area contributed by atoms with Crippen LogP contribution in [0.5, 0.6) is 0 Å². The van der Waals surface area contributed by atoms with Crippen LogP contribution in [0, 0.1) is 0 Å². The fraction of sp³-hybridized carbons (Fsp3) is 0.450. The summed E-state index contributed by atoms with van der Waals surface area (Å²) in [6, 6.07) is 7.58. The van der Waals surface area contributed by atoms with Gasteiger partial charge in [-0.15, -0.1) is 0 Å². The third-order valence-corrected chi connectivity index (χ3v) is 5.01. The van der Waals surface area contributed by atoms with Gasteiger partial charge in [0.1, 0.15) is 0 Å². The number of pyridine rings is 1. The first kappa shape index (κ1) is 17.0. The first-order valence-corrected chi connectivity index (χ1v) is 9.18. The zero-order chi connectivity index (χ0) is 17.9. The minimum Gasteiger partial charge on any atom is -0.452 e. The summed E-state index contributed by atoms with van der Waals surface area (Å²) in [6.45, 7) is 0.927. The number of benzene rings is 1. The van der Waals surface area contributed by atoms with Crippen LogP contribution in [0.3, 0.4) is 0 Å². The molecule has 2 aliphatic rings. The van der Waals surface area contributed by atoms with Gasteiger partial charge in [-0.1, -0.05) is 18.2 Å². The minimum atomic E-state index is -0.450. The zero-order valence-electron chi connectivity index (χ0n) is 14.6. The number of rotatable bonds is 5. The van der Waals surface area contributed by atoms with E-state index in [0.717, 1.165) is 60.9 Å². The Morgan fingerprint density at radius 1 is 1.23 bits per heavy atom. The quantitative estimate of drug-likeness (QED) is 0.833. The van der Waals surface area contributed by atoms with E-state index in [1.165, 1.54) is 0 Å². The van der Waals surface area contributed by atoms with Crippen molar-refractivity contribution >= 4 is 22.8 Å². The van der Waals surface area contributed by atoms with Gasteiger partial charge in [0.15, 0.2) is 6.61 Å². The maximum absolute atomic E-state index is 12.7. The van der Waals surface area contributed by atoms with Crippen molar-refractivity contribution in [2.75, 3.05) is 19.8 Å². The Hall–Kier alpha value is -2.47. The van der Waals surface area contributed by atoms with Crippen molar-refractivity contribution in [1.82, 2.24) is 10.3 Å². The van der Waals surface area contributed by atoms with Crippen LogP contribution in [-0.2, 0) is 27.1 Å². The van der Waals surface area contributed by atoms with E-state index in [2.05, 4.69) is 10.3 Å². The standard InChI is InChI=1S/C20H22N2O4/c23-18(21-11-13-5-4-10-25-13)12-26-20(24)19-14-6-1-2-8-16(14)22-17-9-3-7-15(17)19/h1-2,6,8,13H,3-5,7,9-12H2,(H,21,23). The van der Waals surface area contributed by atoms with Crippen LogP contribution in [0.2, 0.25) is 0 Å². The Bertz CT molecular complexity index is 843. The van der Waals surface area contributed by atoms with Crippen LogP contribution in [0.1, 0.15) is 40.9 Å². The Labute approximate surface area is 151 Å². The summed E-state index contributed by atoms with van der Waals surface area (Å²) in [7, 11) is 0. The number of fused-ring (bicyclic) bond motifs is 2. The second-order valence-electron chi connectivity index (χ2n) is 6.80. The molecule has 0 spiro atoms. The molecule has 0 radical (unpaired) electrons. The normalized spacial score (nSPS) is 18.7. The molecule has 136 valence electrons. The number of nitrogens with one attached hydrogen (secondary N) is 1. The number of hydrogen-bond donors (Lipinski definition) is 1. The lowest BCUT2D eigenvalue weighted by atomic mass is 10.0. The van der Waals surface area contributed by atoms with E-state index in [1.807, 2.05) is 24.3 Å². The number of nitrogens with zero attached hydrogens (tertiary/aromatic N) is 1. The van der Waals surface area contributed by atoms with Crippen molar-refractivity contribution in [3.63, 3.8) is 0 Å². The maximum Gasteiger partial charge on any atom is 0.339 e. The lowest BCUT2D eigenvalue weighted by molar-refractivity contribution is -0.124. The lowest BCUT2D eigenvalue weighted by Crippen LogP contribution is -2.34. The monoisotopic (exact) mass is 354 g/mol. The van der Waals surface area contributed by atoms with Gasteiger partial charge in [-0.05, 0) is 43.7 Å². The number of aryl methyl sites for hydroxylation is 1. The first-order chi connectivity index (χ1) is 12.7. The highest BCUT2D eigenvalue weighted by Crippen LogP contribution is 2.30. The van der Waals surface area contributed by atoms with Crippen molar-refractivity contribution in [2.24, 2.45) is 0 Å². The Kier molecular flexibility index (Phi) is 4.84. The van der Waals surface area contributed by atoms with Gasteiger partial charge >= 0.3 is 5.97 Å². The van der Waals surface area contributed by atoms with E-state index in [-0.39, 0.29) is 18.6 Å². The van der Waals surface area contributed by atoms with Gasteiger partial charge in [-0.3, -0.25) is 9.78 Å². The summed E-state index contributed by atoms with van der Waals surface area (Å²) in [5, 5.41) is 3.56. The maximum atomic E-state index is 12.7.